The van der Waals surface area contributed by atoms with Gasteiger partial charge in [0.25, 0.3) is 0 Å². The Labute approximate surface area is 224 Å². The molecule has 0 saturated heterocycles. The fourth-order valence-electron chi connectivity index (χ4n) is 5.52. The first-order chi connectivity index (χ1) is 18.8. The number of carbonyl (C=O) groups excluding carboxylic acids is 4. The first-order valence-electron chi connectivity index (χ1n) is 11.9. The molecule has 40 heavy (non-hydrogen) atoms. The summed E-state index contributed by atoms with van der Waals surface area (Å²) in [7, 11) is 0. The highest BCUT2D eigenvalue weighted by Gasteiger charge is 2.41. The van der Waals surface area contributed by atoms with E-state index in [0.717, 1.165) is 12.1 Å². The van der Waals surface area contributed by atoms with Crippen molar-refractivity contribution in [3.63, 3.8) is 0 Å². The number of ketones is 4. The van der Waals surface area contributed by atoms with Crippen molar-refractivity contribution in [1.29, 1.82) is 0 Å². The zero-order valence-electron chi connectivity index (χ0n) is 20.8. The van der Waals surface area contributed by atoms with Gasteiger partial charge in [0.15, 0.2) is 11.6 Å². The maximum absolute atomic E-state index is 13.4. The van der Waals surface area contributed by atoms with Crippen LogP contribution in [0.1, 0.15) is 74.8 Å². The lowest BCUT2D eigenvalue weighted by Crippen LogP contribution is -2.22. The first-order valence-corrected chi connectivity index (χ1v) is 11.9. The fraction of sp³-hybridized carbons (Fsp3) is 0.0667. The Morgan fingerprint density at radius 1 is 0.375 bits per heavy atom. The third-order valence-corrected chi connectivity index (χ3v) is 7.22. The van der Waals surface area contributed by atoms with Crippen LogP contribution in [0.4, 0.5) is 0 Å². The van der Waals surface area contributed by atoms with E-state index in [1.807, 2.05) is 0 Å². The third kappa shape index (κ3) is 3.04. The van der Waals surface area contributed by atoms with Gasteiger partial charge in [-0.1, -0.05) is 0 Å². The molecule has 0 spiro atoms. The van der Waals surface area contributed by atoms with E-state index in [2.05, 4.69) is 0 Å². The minimum atomic E-state index is -0.987. The molecule has 0 radical (unpaired) electrons. The summed E-state index contributed by atoms with van der Waals surface area (Å²) in [4.78, 5) is 53.2. The van der Waals surface area contributed by atoms with Gasteiger partial charge in [-0.05, 0) is 61.4 Å². The van der Waals surface area contributed by atoms with Crippen molar-refractivity contribution in [3.8, 4) is 45.6 Å². The molecule has 2 aliphatic carbocycles. The van der Waals surface area contributed by atoms with Crippen LogP contribution in [0.15, 0.2) is 36.4 Å². The zero-order chi connectivity index (χ0) is 28.9. The number of rotatable bonds is 1. The van der Waals surface area contributed by atoms with Crippen molar-refractivity contribution in [2.45, 2.75) is 13.8 Å². The largest absolute Gasteiger partial charge is 0.507 e. The number of phenolic OH excluding ortho intramolecular Hbond substituents is 6. The van der Waals surface area contributed by atoms with Crippen molar-refractivity contribution < 1.29 is 49.8 Å². The minimum absolute atomic E-state index is 0.176. The van der Waals surface area contributed by atoms with Crippen molar-refractivity contribution >= 4 is 23.1 Å². The lowest BCUT2D eigenvalue weighted by Gasteiger charge is -2.24. The second-order valence-corrected chi connectivity index (χ2v) is 9.81. The highest BCUT2D eigenvalue weighted by molar-refractivity contribution is 6.33. The lowest BCUT2D eigenvalue weighted by molar-refractivity contribution is 0.0971. The number of benzene rings is 4. The van der Waals surface area contributed by atoms with E-state index < -0.39 is 102 Å². The molecule has 0 atom stereocenters. The summed E-state index contributed by atoms with van der Waals surface area (Å²) in [6.07, 6.45) is 0. The van der Waals surface area contributed by atoms with Gasteiger partial charge in [-0.25, -0.2) is 0 Å². The van der Waals surface area contributed by atoms with Crippen LogP contribution >= 0.6 is 0 Å². The van der Waals surface area contributed by atoms with E-state index in [4.69, 9.17) is 0 Å². The molecule has 0 aromatic heterocycles. The predicted octanol–water partition coefficient (Wildman–Crippen LogP) is 3.75. The van der Waals surface area contributed by atoms with Gasteiger partial charge >= 0.3 is 0 Å². The van der Waals surface area contributed by atoms with Crippen LogP contribution in [0.2, 0.25) is 0 Å². The average Bonchev–Trinajstić information content (AvgIpc) is 2.87. The van der Waals surface area contributed by atoms with Crippen molar-refractivity contribution in [2.24, 2.45) is 0 Å². The van der Waals surface area contributed by atoms with Crippen LogP contribution in [0.25, 0.3) is 11.1 Å². The molecule has 0 heterocycles. The quantitative estimate of drug-likeness (QED) is 0.168. The van der Waals surface area contributed by atoms with Gasteiger partial charge in [0, 0.05) is 22.3 Å². The number of carbonyl (C=O) groups is 4. The van der Waals surface area contributed by atoms with E-state index in [0.29, 0.717) is 11.1 Å². The summed E-state index contributed by atoms with van der Waals surface area (Å²) >= 11 is 0. The summed E-state index contributed by atoms with van der Waals surface area (Å²) in [6.45, 7) is 3.18. The Balaban J connectivity index is 1.62. The molecule has 6 rings (SSSR count). The van der Waals surface area contributed by atoms with E-state index in [-0.39, 0.29) is 11.1 Å². The number of aryl methyl sites for hydroxylation is 2. The van der Waals surface area contributed by atoms with Gasteiger partial charge in [0.2, 0.25) is 11.6 Å². The van der Waals surface area contributed by atoms with E-state index in [9.17, 15) is 49.8 Å². The van der Waals surface area contributed by atoms with E-state index >= 15 is 0 Å². The monoisotopic (exact) mass is 538 g/mol. The van der Waals surface area contributed by atoms with Gasteiger partial charge < -0.3 is 30.6 Å². The molecule has 2 aliphatic rings. The molecule has 0 amide bonds. The number of aromatic hydroxyl groups is 6. The summed E-state index contributed by atoms with van der Waals surface area (Å²) < 4.78 is 0. The molecule has 0 saturated carbocycles. The van der Waals surface area contributed by atoms with E-state index in [1.165, 1.54) is 24.3 Å². The van der Waals surface area contributed by atoms with Crippen molar-refractivity contribution in [2.75, 3.05) is 0 Å². The van der Waals surface area contributed by atoms with Gasteiger partial charge in [-0.2, -0.15) is 0 Å². The Hall–Kier alpha value is -5.64. The SMILES string of the molecule is Cc1cc(O)c2c(c1)C(=O)c1c(O)cc(-c3cc(O)c4c(c3O)C(=O)c3c(O)cc(C)cc3C4=O)c(O)c1C2=O. The second kappa shape index (κ2) is 7.93. The minimum Gasteiger partial charge on any atom is -0.507 e. The Morgan fingerprint density at radius 2 is 0.700 bits per heavy atom. The third-order valence-electron chi connectivity index (χ3n) is 7.22. The van der Waals surface area contributed by atoms with Crippen LogP contribution in [-0.2, 0) is 0 Å². The van der Waals surface area contributed by atoms with Crippen LogP contribution in [-0.4, -0.2) is 53.8 Å². The summed E-state index contributed by atoms with van der Waals surface area (Å²) in [5.74, 6) is -7.99. The molecule has 6 N–H and O–H groups in total. The predicted molar refractivity (Wildman–Crippen MR) is 138 cm³/mol. The van der Waals surface area contributed by atoms with Crippen molar-refractivity contribution in [1.82, 2.24) is 0 Å². The van der Waals surface area contributed by atoms with Crippen molar-refractivity contribution in [3.05, 3.63) is 92.0 Å². The molecular weight excluding hydrogens is 520 g/mol. The molecule has 10 nitrogen and oxygen atoms in total. The second-order valence-electron chi connectivity index (χ2n) is 9.81. The highest BCUT2D eigenvalue weighted by atomic mass is 16.3. The van der Waals surface area contributed by atoms with Gasteiger partial charge in [-0.3, -0.25) is 19.2 Å². The molecule has 4 aromatic carbocycles. The van der Waals surface area contributed by atoms with Crippen LogP contribution in [0.3, 0.4) is 0 Å². The van der Waals surface area contributed by atoms with Crippen LogP contribution in [0, 0.1) is 13.8 Å². The van der Waals surface area contributed by atoms with E-state index in [1.54, 1.807) is 13.8 Å². The highest BCUT2D eigenvalue weighted by Crippen LogP contribution is 2.51. The lowest BCUT2D eigenvalue weighted by atomic mass is 9.78. The molecule has 0 fully saturated rings. The van der Waals surface area contributed by atoms with Gasteiger partial charge in [0.1, 0.15) is 34.5 Å². The summed E-state index contributed by atoms with van der Waals surface area (Å²) in [5.41, 5.74) is -3.51. The van der Waals surface area contributed by atoms with Crippen LogP contribution in [0.5, 0.6) is 34.5 Å². The maximum atomic E-state index is 13.4. The molecular formula is C30H18O10. The smallest absolute Gasteiger partial charge is 0.202 e. The number of hydrogen-bond acceptors (Lipinski definition) is 10. The summed E-state index contributed by atoms with van der Waals surface area (Å²) in [5, 5.41) is 64.8. The topological polar surface area (TPSA) is 190 Å². The fourth-order valence-corrected chi connectivity index (χ4v) is 5.52. The average molecular weight is 538 g/mol. The Bertz CT molecular complexity index is 1810. The molecule has 198 valence electrons. The number of hydrogen-bond donors (Lipinski definition) is 6. The molecule has 10 heteroatoms. The van der Waals surface area contributed by atoms with Gasteiger partial charge in [-0.15, -0.1) is 0 Å². The van der Waals surface area contributed by atoms with Gasteiger partial charge in [0.05, 0.1) is 33.4 Å². The number of fused-ring (bicyclic) bond motifs is 4. The van der Waals surface area contributed by atoms with Crippen LogP contribution < -0.4 is 0 Å². The zero-order valence-corrected chi connectivity index (χ0v) is 20.8. The first kappa shape index (κ1) is 24.7. The summed E-state index contributed by atoms with van der Waals surface area (Å²) in [6, 6.07) is 6.94. The molecule has 0 bridgehead atoms. The molecule has 4 aromatic rings. The normalized spacial score (nSPS) is 13.6. The maximum Gasteiger partial charge on any atom is 0.202 e. The number of phenols is 6. The molecule has 0 aliphatic heterocycles. The molecule has 0 unspecified atom stereocenters. The Morgan fingerprint density at radius 3 is 1.05 bits per heavy atom. The standard InChI is InChI=1S/C30H18O10/c1-9-3-13-19(15(31)5-9)29(39)23-21(27(13)37)17(33)7-11(25(23)35)12-8-18(34)22-24(26(12)36)30(40)20-14(28(22)38)4-10(2)6-16(20)32/h3-8,31-36H,1-2H3. The Kier molecular flexibility index (Phi) is 4.90.